The zero-order chi connectivity index (χ0) is 17.4. The minimum absolute atomic E-state index is 0.113. The molecule has 0 saturated carbocycles. The van der Waals surface area contributed by atoms with E-state index in [1.54, 1.807) is 35.5 Å². The number of rotatable bonds is 3. The molecular formula is C17H19N5O2. The van der Waals surface area contributed by atoms with Crippen LogP contribution in [-0.4, -0.2) is 25.5 Å². The number of nitrogens with zero attached hydrogens (tertiary/aromatic N) is 4. The Bertz CT molecular complexity index is 1000. The Morgan fingerprint density at radius 1 is 1.21 bits per heavy atom. The van der Waals surface area contributed by atoms with E-state index >= 15 is 0 Å². The predicted molar refractivity (Wildman–Crippen MR) is 92.3 cm³/mol. The number of amides is 1. The molecule has 7 heteroatoms. The smallest absolute Gasteiger partial charge is 0.280 e. The molecule has 124 valence electrons. The number of carbonyl (C=O) groups excluding carboxylic acids is 1. The van der Waals surface area contributed by atoms with Crippen LogP contribution >= 0.6 is 0 Å². The second kappa shape index (κ2) is 5.92. The van der Waals surface area contributed by atoms with Crippen molar-refractivity contribution in [2.75, 3.05) is 5.32 Å². The van der Waals surface area contributed by atoms with Crippen LogP contribution in [0.4, 0.5) is 5.69 Å². The maximum atomic E-state index is 12.6. The summed E-state index contributed by atoms with van der Waals surface area (Å²) in [5.74, 6) is -0.521. The van der Waals surface area contributed by atoms with Crippen LogP contribution in [0, 0.1) is 13.8 Å². The van der Waals surface area contributed by atoms with Crippen LogP contribution in [0.5, 0.6) is 0 Å². The molecule has 0 unspecified atom stereocenters. The summed E-state index contributed by atoms with van der Waals surface area (Å²) in [5, 5.41) is 11.8. The highest BCUT2D eigenvalue weighted by atomic mass is 16.2. The van der Waals surface area contributed by atoms with Gasteiger partial charge in [0, 0.05) is 19.0 Å². The number of para-hydroxylation sites is 1. The molecule has 0 atom stereocenters. The lowest BCUT2D eigenvalue weighted by Gasteiger charge is -2.10. The number of carbonyl (C=O) groups is 1. The molecule has 0 spiro atoms. The first-order valence-corrected chi connectivity index (χ1v) is 7.75. The molecule has 1 aromatic carbocycles. The van der Waals surface area contributed by atoms with E-state index in [9.17, 15) is 9.59 Å². The van der Waals surface area contributed by atoms with Gasteiger partial charge in [0.2, 0.25) is 5.43 Å². The first-order valence-electron chi connectivity index (χ1n) is 7.75. The molecule has 0 aliphatic heterocycles. The molecule has 2 heterocycles. The summed E-state index contributed by atoms with van der Waals surface area (Å²) in [6.45, 7) is 6.14. The van der Waals surface area contributed by atoms with Crippen molar-refractivity contribution < 1.29 is 4.79 Å². The molecule has 0 aliphatic rings. The van der Waals surface area contributed by atoms with Gasteiger partial charge in [-0.25, -0.2) is 0 Å². The van der Waals surface area contributed by atoms with Gasteiger partial charge < -0.3 is 5.32 Å². The maximum absolute atomic E-state index is 12.6. The highest BCUT2D eigenvalue weighted by Gasteiger charge is 2.20. The van der Waals surface area contributed by atoms with Gasteiger partial charge in [-0.1, -0.05) is 12.1 Å². The Hall–Kier alpha value is -2.96. The lowest BCUT2D eigenvalue weighted by atomic mass is 10.2. The van der Waals surface area contributed by atoms with Crippen molar-refractivity contribution in [3.8, 4) is 0 Å². The first kappa shape index (κ1) is 15.9. The highest BCUT2D eigenvalue weighted by molar-refractivity contribution is 6.04. The number of fused-ring (bicyclic) bond motifs is 1. The summed E-state index contributed by atoms with van der Waals surface area (Å²) in [7, 11) is 1.80. The van der Waals surface area contributed by atoms with E-state index in [1.165, 1.54) is 0 Å². The second-order valence-corrected chi connectivity index (χ2v) is 5.63. The number of nitrogens with one attached hydrogen (secondary N) is 1. The fraction of sp³-hybridized carbons (Fsp3) is 0.294. The third-order valence-electron chi connectivity index (χ3n) is 4.12. The normalized spacial score (nSPS) is 11.0. The van der Waals surface area contributed by atoms with Gasteiger partial charge in [0.25, 0.3) is 5.91 Å². The Morgan fingerprint density at radius 3 is 2.54 bits per heavy atom. The lowest BCUT2D eigenvalue weighted by Crippen LogP contribution is -2.27. The van der Waals surface area contributed by atoms with E-state index in [1.807, 2.05) is 26.0 Å². The van der Waals surface area contributed by atoms with Gasteiger partial charge >= 0.3 is 0 Å². The van der Waals surface area contributed by atoms with E-state index in [4.69, 9.17) is 0 Å². The number of hydrogen-bond donors (Lipinski definition) is 1. The lowest BCUT2D eigenvalue weighted by molar-refractivity contribution is 0.101. The van der Waals surface area contributed by atoms with Crippen LogP contribution in [0.3, 0.4) is 0 Å². The molecule has 24 heavy (non-hydrogen) atoms. The van der Waals surface area contributed by atoms with Crippen LogP contribution in [0.15, 0.2) is 29.1 Å². The first-order chi connectivity index (χ1) is 11.4. The Balaban J connectivity index is 2.10. The summed E-state index contributed by atoms with van der Waals surface area (Å²) in [6, 6.07) is 7.16. The molecule has 0 aliphatic carbocycles. The van der Waals surface area contributed by atoms with Crippen molar-refractivity contribution in [1.29, 1.82) is 0 Å². The highest BCUT2D eigenvalue weighted by Crippen LogP contribution is 2.19. The van der Waals surface area contributed by atoms with Crippen molar-refractivity contribution in [2.45, 2.75) is 27.3 Å². The number of benzene rings is 1. The van der Waals surface area contributed by atoms with Gasteiger partial charge in [-0.15, -0.1) is 0 Å². The van der Waals surface area contributed by atoms with E-state index in [0.29, 0.717) is 23.3 Å². The maximum Gasteiger partial charge on any atom is 0.280 e. The summed E-state index contributed by atoms with van der Waals surface area (Å²) < 4.78 is 3.34. The number of anilines is 1. The van der Waals surface area contributed by atoms with Crippen molar-refractivity contribution in [1.82, 2.24) is 19.6 Å². The monoisotopic (exact) mass is 325 g/mol. The Kier molecular flexibility index (Phi) is 3.92. The van der Waals surface area contributed by atoms with Crippen LogP contribution < -0.4 is 10.7 Å². The summed E-state index contributed by atoms with van der Waals surface area (Å²) >= 11 is 0. The van der Waals surface area contributed by atoms with Crippen LogP contribution in [0.25, 0.3) is 10.9 Å². The summed E-state index contributed by atoms with van der Waals surface area (Å²) in [6.07, 6.45) is 0. The van der Waals surface area contributed by atoms with E-state index in [2.05, 4.69) is 15.5 Å². The second-order valence-electron chi connectivity index (χ2n) is 5.63. The Labute approximate surface area is 138 Å². The van der Waals surface area contributed by atoms with Crippen molar-refractivity contribution in [2.24, 2.45) is 7.05 Å². The third-order valence-corrected chi connectivity index (χ3v) is 4.12. The van der Waals surface area contributed by atoms with Crippen molar-refractivity contribution in [3.63, 3.8) is 0 Å². The quantitative estimate of drug-likeness (QED) is 0.799. The molecule has 1 N–H and O–H groups in total. The molecule has 0 radical (unpaired) electrons. The third kappa shape index (κ3) is 2.47. The predicted octanol–water partition coefficient (Wildman–Crippen LogP) is 2.02. The minimum Gasteiger partial charge on any atom is -0.317 e. The fourth-order valence-electron chi connectivity index (χ4n) is 2.76. The average molecular weight is 325 g/mol. The van der Waals surface area contributed by atoms with Crippen LogP contribution in [0.2, 0.25) is 0 Å². The number of aromatic nitrogens is 4. The summed E-state index contributed by atoms with van der Waals surface area (Å²) in [4.78, 5) is 25.3. The zero-order valence-electron chi connectivity index (χ0n) is 14.1. The fourth-order valence-corrected chi connectivity index (χ4v) is 2.76. The SMILES string of the molecule is CCn1nc(C(=O)Nc2c(C)nn(C)c2C)c(=O)c2ccccc21. The topological polar surface area (TPSA) is 81.8 Å². The molecule has 1 amide bonds. The van der Waals surface area contributed by atoms with E-state index < -0.39 is 5.91 Å². The van der Waals surface area contributed by atoms with Crippen LogP contribution in [0.1, 0.15) is 28.8 Å². The van der Waals surface area contributed by atoms with Gasteiger partial charge in [-0.2, -0.15) is 10.2 Å². The molecule has 2 aromatic heterocycles. The zero-order valence-corrected chi connectivity index (χ0v) is 14.1. The molecule has 0 saturated heterocycles. The molecular weight excluding hydrogens is 306 g/mol. The average Bonchev–Trinajstić information content (AvgIpc) is 2.81. The van der Waals surface area contributed by atoms with Gasteiger partial charge in [0.05, 0.1) is 22.6 Å². The molecule has 0 fully saturated rings. The summed E-state index contributed by atoms with van der Waals surface area (Å²) in [5.41, 5.74) is 2.36. The number of hydrogen-bond acceptors (Lipinski definition) is 4. The van der Waals surface area contributed by atoms with Crippen molar-refractivity contribution >= 4 is 22.5 Å². The van der Waals surface area contributed by atoms with Gasteiger partial charge in [0.1, 0.15) is 0 Å². The van der Waals surface area contributed by atoms with E-state index in [-0.39, 0.29) is 11.1 Å². The van der Waals surface area contributed by atoms with E-state index in [0.717, 1.165) is 11.2 Å². The minimum atomic E-state index is -0.521. The van der Waals surface area contributed by atoms with Crippen molar-refractivity contribution in [3.05, 3.63) is 51.6 Å². The molecule has 3 aromatic rings. The largest absolute Gasteiger partial charge is 0.317 e. The van der Waals surface area contributed by atoms with Crippen LogP contribution in [-0.2, 0) is 13.6 Å². The standard InChI is InChI=1S/C17H19N5O2/c1-5-22-13-9-7-6-8-12(13)16(23)15(20-22)17(24)18-14-10(2)19-21(4)11(14)3/h6-9H,5H2,1-4H3,(H,18,24). The van der Waals surface area contributed by atoms with Gasteiger partial charge in [-0.3, -0.25) is 19.0 Å². The number of aryl methyl sites for hydroxylation is 3. The molecule has 0 bridgehead atoms. The molecule has 7 nitrogen and oxygen atoms in total. The van der Waals surface area contributed by atoms with Gasteiger partial charge in [0.15, 0.2) is 5.69 Å². The Morgan fingerprint density at radius 2 is 1.92 bits per heavy atom. The molecule has 3 rings (SSSR count). The van der Waals surface area contributed by atoms with Gasteiger partial charge in [-0.05, 0) is 32.9 Å².